The molecule has 2 rings (SSSR count). The molecule has 156 valence electrons. The van der Waals surface area contributed by atoms with Gasteiger partial charge in [0.25, 0.3) is 0 Å². The van der Waals surface area contributed by atoms with Gasteiger partial charge in [-0.2, -0.15) is 0 Å². The summed E-state index contributed by atoms with van der Waals surface area (Å²) >= 11 is 0. The summed E-state index contributed by atoms with van der Waals surface area (Å²) in [5, 5.41) is 12.8. The monoisotopic (exact) mass is 400 g/mol. The Morgan fingerprint density at radius 3 is 2.45 bits per heavy atom. The van der Waals surface area contributed by atoms with E-state index in [4.69, 9.17) is 15.2 Å². The summed E-state index contributed by atoms with van der Waals surface area (Å²) in [6, 6.07) is 14.0. The van der Waals surface area contributed by atoms with Crippen LogP contribution in [-0.4, -0.2) is 43.3 Å². The second-order valence-corrected chi connectivity index (χ2v) is 6.74. The highest BCUT2D eigenvalue weighted by atomic mass is 16.5. The Bertz CT molecular complexity index is 810. The number of nitrogens with one attached hydrogen (secondary N) is 1. The predicted molar refractivity (Wildman–Crippen MR) is 110 cm³/mol. The van der Waals surface area contributed by atoms with Crippen LogP contribution < -0.4 is 20.5 Å². The Hall–Kier alpha value is -3.06. The number of amides is 2. The number of carbonyl (C=O) groups excluding carboxylic acids is 2. The largest absolute Gasteiger partial charge is 0.497 e. The number of carbonyl (C=O) groups is 2. The Morgan fingerprint density at radius 1 is 1.10 bits per heavy atom. The smallest absolute Gasteiger partial charge is 0.248 e. The van der Waals surface area contributed by atoms with Gasteiger partial charge in [0.05, 0.1) is 20.3 Å². The number of benzene rings is 2. The maximum Gasteiger partial charge on any atom is 0.248 e. The topological polar surface area (TPSA) is 111 Å². The maximum absolute atomic E-state index is 12.4. The number of rotatable bonds is 11. The lowest BCUT2D eigenvalue weighted by Gasteiger charge is -2.22. The molecule has 29 heavy (non-hydrogen) atoms. The molecule has 0 heterocycles. The van der Waals surface area contributed by atoms with E-state index >= 15 is 0 Å². The summed E-state index contributed by atoms with van der Waals surface area (Å²) in [4.78, 5) is 23.8. The molecule has 7 nitrogen and oxygen atoms in total. The van der Waals surface area contributed by atoms with Gasteiger partial charge in [0.1, 0.15) is 11.5 Å². The average Bonchev–Trinajstić information content (AvgIpc) is 2.73. The SMILES string of the molecule is COc1ccc(OC)c(CCCC(=O)N[C@@H](Cc2ccccc2)[C@@H](O)C(N)=O)c1. The molecule has 0 aliphatic heterocycles. The zero-order valence-corrected chi connectivity index (χ0v) is 16.8. The number of methoxy groups -OCH3 is 2. The minimum atomic E-state index is -1.46. The lowest BCUT2D eigenvalue weighted by atomic mass is 10.00. The normalized spacial score (nSPS) is 12.7. The van der Waals surface area contributed by atoms with E-state index in [1.54, 1.807) is 14.2 Å². The highest BCUT2D eigenvalue weighted by molar-refractivity contribution is 5.82. The molecule has 0 fully saturated rings. The molecule has 0 spiro atoms. The zero-order chi connectivity index (χ0) is 21.2. The van der Waals surface area contributed by atoms with Gasteiger partial charge in [-0.25, -0.2) is 0 Å². The molecule has 0 aliphatic rings. The molecule has 2 atom stereocenters. The predicted octanol–water partition coefficient (Wildman–Crippen LogP) is 1.60. The quantitative estimate of drug-likeness (QED) is 0.531. The van der Waals surface area contributed by atoms with E-state index in [9.17, 15) is 14.7 Å². The number of nitrogens with two attached hydrogens (primary N) is 1. The second-order valence-electron chi connectivity index (χ2n) is 6.74. The van der Waals surface area contributed by atoms with Gasteiger partial charge in [-0.1, -0.05) is 30.3 Å². The van der Waals surface area contributed by atoms with Crippen LogP contribution in [0, 0.1) is 0 Å². The number of aliphatic hydroxyl groups excluding tert-OH is 1. The maximum atomic E-state index is 12.4. The van der Waals surface area contributed by atoms with Gasteiger partial charge in [-0.15, -0.1) is 0 Å². The van der Waals surface area contributed by atoms with Gasteiger partial charge in [-0.3, -0.25) is 9.59 Å². The van der Waals surface area contributed by atoms with Crippen molar-refractivity contribution < 1.29 is 24.2 Å². The molecule has 0 radical (unpaired) electrons. The molecule has 0 bridgehead atoms. The summed E-state index contributed by atoms with van der Waals surface area (Å²) in [5.41, 5.74) is 7.07. The Kier molecular flexibility index (Phi) is 8.48. The van der Waals surface area contributed by atoms with Gasteiger partial charge in [0.15, 0.2) is 6.10 Å². The van der Waals surface area contributed by atoms with Crippen LogP contribution in [0.4, 0.5) is 0 Å². The fourth-order valence-electron chi connectivity index (χ4n) is 3.10. The minimum Gasteiger partial charge on any atom is -0.497 e. The Morgan fingerprint density at radius 2 is 1.83 bits per heavy atom. The summed E-state index contributed by atoms with van der Waals surface area (Å²) in [6.45, 7) is 0. The van der Waals surface area contributed by atoms with Crippen molar-refractivity contribution in [3.63, 3.8) is 0 Å². The molecule has 0 aromatic heterocycles. The van der Waals surface area contributed by atoms with Crippen LogP contribution in [0.5, 0.6) is 11.5 Å². The molecule has 2 aromatic rings. The van der Waals surface area contributed by atoms with E-state index in [0.29, 0.717) is 19.3 Å². The number of hydrogen-bond acceptors (Lipinski definition) is 5. The standard InChI is InChI=1S/C22H28N2O5/c1-28-17-11-12-19(29-2)16(14-17)9-6-10-20(25)24-18(21(26)22(23)27)13-15-7-4-3-5-8-15/h3-5,7-8,11-12,14,18,21,26H,6,9-10,13H2,1-2H3,(H2,23,27)(H,24,25)/t18-,21+/m0/s1. The minimum absolute atomic E-state index is 0.233. The van der Waals surface area contributed by atoms with Gasteiger partial charge < -0.3 is 25.6 Å². The zero-order valence-electron chi connectivity index (χ0n) is 16.8. The number of hydrogen-bond donors (Lipinski definition) is 3. The Labute approximate surface area is 170 Å². The summed E-state index contributed by atoms with van der Waals surface area (Å²) in [6.07, 6.45) is 0.269. The fraction of sp³-hybridized carbons (Fsp3) is 0.364. The highest BCUT2D eigenvalue weighted by Crippen LogP contribution is 2.25. The van der Waals surface area contributed by atoms with Gasteiger partial charge in [0, 0.05) is 6.42 Å². The first-order valence-corrected chi connectivity index (χ1v) is 9.46. The number of aryl methyl sites for hydroxylation is 1. The van der Waals surface area contributed by atoms with Crippen LogP contribution in [0.2, 0.25) is 0 Å². The molecule has 4 N–H and O–H groups in total. The first-order chi connectivity index (χ1) is 13.9. The third kappa shape index (κ3) is 6.80. The number of primary amides is 1. The van der Waals surface area contributed by atoms with Crippen LogP contribution in [0.3, 0.4) is 0 Å². The molecular formula is C22H28N2O5. The van der Waals surface area contributed by atoms with Crippen LogP contribution in [0.15, 0.2) is 48.5 Å². The molecule has 7 heteroatoms. The first kappa shape index (κ1) is 22.2. The van der Waals surface area contributed by atoms with Crippen molar-refractivity contribution in [2.24, 2.45) is 5.73 Å². The second kappa shape index (κ2) is 11.1. The van der Waals surface area contributed by atoms with Crippen molar-refractivity contribution in [3.05, 3.63) is 59.7 Å². The van der Waals surface area contributed by atoms with Crippen LogP contribution >= 0.6 is 0 Å². The van der Waals surface area contributed by atoms with E-state index in [-0.39, 0.29) is 12.3 Å². The lowest BCUT2D eigenvalue weighted by molar-refractivity contribution is -0.129. The van der Waals surface area contributed by atoms with E-state index in [0.717, 1.165) is 22.6 Å². The molecule has 0 saturated heterocycles. The van der Waals surface area contributed by atoms with Gasteiger partial charge in [0.2, 0.25) is 11.8 Å². The molecule has 0 aliphatic carbocycles. The third-order valence-electron chi connectivity index (χ3n) is 4.65. The van der Waals surface area contributed by atoms with Crippen molar-refractivity contribution in [1.29, 1.82) is 0 Å². The van der Waals surface area contributed by atoms with Crippen LogP contribution in [0.25, 0.3) is 0 Å². The van der Waals surface area contributed by atoms with Crippen LogP contribution in [-0.2, 0) is 22.4 Å². The van der Waals surface area contributed by atoms with Crippen LogP contribution in [0.1, 0.15) is 24.0 Å². The van der Waals surface area contributed by atoms with E-state index in [1.165, 1.54) is 0 Å². The highest BCUT2D eigenvalue weighted by Gasteiger charge is 2.26. The summed E-state index contributed by atoms with van der Waals surface area (Å²) in [7, 11) is 3.19. The van der Waals surface area contributed by atoms with Crippen molar-refractivity contribution in [1.82, 2.24) is 5.32 Å². The summed E-state index contributed by atoms with van der Waals surface area (Å²) in [5.74, 6) is 0.329. The Balaban J connectivity index is 1.95. The van der Waals surface area contributed by atoms with Crippen molar-refractivity contribution in [3.8, 4) is 11.5 Å². The average molecular weight is 400 g/mol. The lowest BCUT2D eigenvalue weighted by Crippen LogP contribution is -2.50. The van der Waals surface area contributed by atoms with Gasteiger partial charge >= 0.3 is 0 Å². The van der Waals surface area contributed by atoms with Crippen molar-refractivity contribution in [2.45, 2.75) is 37.8 Å². The number of aliphatic hydroxyl groups is 1. The molecule has 0 saturated carbocycles. The fourth-order valence-corrected chi connectivity index (χ4v) is 3.10. The number of ether oxygens (including phenoxy) is 2. The molecule has 2 aromatic carbocycles. The van der Waals surface area contributed by atoms with E-state index < -0.39 is 18.1 Å². The first-order valence-electron chi connectivity index (χ1n) is 9.46. The van der Waals surface area contributed by atoms with Gasteiger partial charge in [-0.05, 0) is 48.6 Å². The molecule has 2 amide bonds. The molecular weight excluding hydrogens is 372 g/mol. The van der Waals surface area contributed by atoms with Crippen molar-refractivity contribution in [2.75, 3.05) is 14.2 Å². The van der Waals surface area contributed by atoms with Crippen molar-refractivity contribution >= 4 is 11.8 Å². The van der Waals surface area contributed by atoms with E-state index in [2.05, 4.69) is 5.32 Å². The molecule has 0 unspecified atom stereocenters. The third-order valence-corrected chi connectivity index (χ3v) is 4.65. The van der Waals surface area contributed by atoms with E-state index in [1.807, 2.05) is 48.5 Å². The summed E-state index contributed by atoms with van der Waals surface area (Å²) < 4.78 is 10.6.